The van der Waals surface area contributed by atoms with Crippen LogP contribution >= 0.6 is 0 Å². The second-order valence-electron chi connectivity index (χ2n) is 20.3. The van der Waals surface area contributed by atoms with Gasteiger partial charge in [0.05, 0.1) is 19.8 Å². The Balaban J connectivity index is 2.52. The molecule has 1 rings (SSSR count). The van der Waals surface area contributed by atoms with Gasteiger partial charge in [-0.3, -0.25) is 0 Å². The highest BCUT2D eigenvalue weighted by atomic mass is 16.5. The van der Waals surface area contributed by atoms with E-state index in [0.717, 1.165) is 75.6 Å². The van der Waals surface area contributed by atoms with Crippen molar-refractivity contribution in [1.82, 2.24) is 0 Å². The van der Waals surface area contributed by atoms with Gasteiger partial charge < -0.3 is 14.2 Å². The third kappa shape index (κ3) is 40.9. The summed E-state index contributed by atoms with van der Waals surface area (Å²) in [5.74, 6) is 2.66. The molecule has 0 fully saturated rings. The molecule has 0 spiro atoms. The lowest BCUT2D eigenvalue weighted by molar-refractivity contribution is 0.234. The van der Waals surface area contributed by atoms with Crippen LogP contribution in [0, 0.1) is 6.92 Å². The molecule has 1 radical (unpaired) electrons. The summed E-state index contributed by atoms with van der Waals surface area (Å²) in [7, 11) is 0. The summed E-state index contributed by atoms with van der Waals surface area (Å²) >= 11 is 0. The maximum atomic E-state index is 6.64. The van der Waals surface area contributed by atoms with E-state index in [2.05, 4.69) is 39.8 Å². The lowest BCUT2D eigenvalue weighted by Crippen LogP contribution is -2.07. The molecule has 0 aromatic heterocycles. The molecule has 3 heteroatoms. The Kier molecular flexibility index (Phi) is 48.3. The van der Waals surface area contributed by atoms with Crippen LogP contribution in [-0.4, -0.2) is 19.8 Å². The third-order valence-corrected chi connectivity index (χ3v) is 13.8. The molecular weight excluding hydrogens is 781 g/mol. The Morgan fingerprint density at radius 1 is 0.281 bits per heavy atom. The van der Waals surface area contributed by atoms with Gasteiger partial charge in [0, 0.05) is 0 Å². The molecule has 0 saturated carbocycles. The number of aryl methyl sites for hydroxylation is 1. The van der Waals surface area contributed by atoms with Gasteiger partial charge in [0.25, 0.3) is 0 Å². The van der Waals surface area contributed by atoms with Crippen LogP contribution in [0.4, 0.5) is 0 Å². The Hall–Kier alpha value is -1.38. The molecule has 0 saturated heterocycles. The summed E-state index contributed by atoms with van der Waals surface area (Å²) in [5.41, 5.74) is 1.29. The molecule has 0 N–H and O–H groups in total. The van der Waals surface area contributed by atoms with Gasteiger partial charge in [-0.2, -0.15) is 0 Å². The zero-order valence-corrected chi connectivity index (χ0v) is 44.1. The molecule has 1 aromatic rings. The maximum Gasteiger partial charge on any atom is 0.203 e. The van der Waals surface area contributed by atoms with Gasteiger partial charge in [0.15, 0.2) is 11.5 Å². The van der Waals surface area contributed by atoms with E-state index in [1.54, 1.807) is 0 Å². The molecule has 0 aliphatic heterocycles. The topological polar surface area (TPSA) is 27.7 Å². The van der Waals surface area contributed by atoms with Gasteiger partial charge in [0.2, 0.25) is 5.75 Å². The van der Waals surface area contributed by atoms with Crippen LogP contribution in [0.3, 0.4) is 0 Å². The summed E-state index contributed by atoms with van der Waals surface area (Å²) in [4.78, 5) is 0. The van der Waals surface area contributed by atoms with Crippen molar-refractivity contribution in [1.29, 1.82) is 0 Å². The van der Waals surface area contributed by atoms with Gasteiger partial charge in [-0.15, -0.1) is 0 Å². The first-order chi connectivity index (χ1) is 31.8. The fraction of sp³-hybridized carbons (Fsp3) is 0.885. The molecule has 64 heavy (non-hydrogen) atoms. The van der Waals surface area contributed by atoms with Crippen LogP contribution < -0.4 is 14.2 Å². The Labute approximate surface area is 403 Å². The average molecular weight is 897 g/mol. The second-order valence-corrected chi connectivity index (χ2v) is 20.3. The van der Waals surface area contributed by atoms with Crippen molar-refractivity contribution in [2.45, 2.75) is 329 Å². The quantitative estimate of drug-likeness (QED) is 0.0610. The van der Waals surface area contributed by atoms with Crippen molar-refractivity contribution >= 4 is 0 Å². The summed E-state index contributed by atoms with van der Waals surface area (Å²) in [6.45, 7) is 13.3. The van der Waals surface area contributed by atoms with Gasteiger partial charge in [-0.1, -0.05) is 304 Å². The van der Waals surface area contributed by atoms with E-state index in [1.807, 2.05) is 0 Å². The minimum absolute atomic E-state index is 0.737. The summed E-state index contributed by atoms with van der Waals surface area (Å²) in [6, 6.07) is 4.51. The zero-order valence-electron chi connectivity index (χ0n) is 44.1. The number of benzene rings is 1. The standard InChI is InChI=1S/C61H115O3/c1-5-9-13-16-19-22-25-28-31-34-37-40-43-46-49-53-62-59-56-58(52-12-8-4)57-60(63-54-50-47-44-41-38-35-32-29-26-23-20-17-14-10-6-2)61(59)64-55-51-48-45-42-39-36-33-30-27-24-21-18-15-11-7-3/h56-57H,4-55H2,1-3H3. The molecule has 0 aliphatic rings. The number of hydrogen-bond acceptors (Lipinski definition) is 3. The SMILES string of the molecule is [CH2]CCCc1cc(OCCCCCCCCCCCCCCCCC)c(OCCCCCCCCCCCCCCCCC)c(OCCCCCCCCCCCCCCCCC)c1. The summed E-state index contributed by atoms with van der Waals surface area (Å²) in [6.07, 6.45) is 65.1. The predicted molar refractivity (Wildman–Crippen MR) is 286 cm³/mol. The molecular formula is C61H115O3. The van der Waals surface area contributed by atoms with Crippen molar-refractivity contribution in [2.24, 2.45) is 0 Å². The van der Waals surface area contributed by atoms with Crippen molar-refractivity contribution in [3.8, 4) is 17.2 Å². The summed E-state index contributed by atoms with van der Waals surface area (Å²) in [5, 5.41) is 0. The molecule has 1 aromatic carbocycles. The fourth-order valence-corrected chi connectivity index (χ4v) is 9.42. The van der Waals surface area contributed by atoms with E-state index in [1.165, 1.54) is 275 Å². The van der Waals surface area contributed by atoms with Gasteiger partial charge >= 0.3 is 0 Å². The highest BCUT2D eigenvalue weighted by Gasteiger charge is 2.16. The van der Waals surface area contributed by atoms with Crippen LogP contribution in [0.2, 0.25) is 0 Å². The van der Waals surface area contributed by atoms with Gasteiger partial charge in [0.1, 0.15) is 0 Å². The first-order valence-corrected chi connectivity index (χ1v) is 29.6. The fourth-order valence-electron chi connectivity index (χ4n) is 9.42. The average Bonchev–Trinajstić information content (AvgIpc) is 3.30. The van der Waals surface area contributed by atoms with Crippen molar-refractivity contribution in [3.63, 3.8) is 0 Å². The number of rotatable bonds is 54. The molecule has 3 nitrogen and oxygen atoms in total. The molecule has 0 aliphatic carbocycles. The molecule has 0 amide bonds. The minimum atomic E-state index is 0.737. The molecule has 0 heterocycles. The summed E-state index contributed by atoms with van der Waals surface area (Å²) < 4.78 is 19.8. The maximum absolute atomic E-state index is 6.64. The number of ether oxygens (including phenoxy) is 3. The minimum Gasteiger partial charge on any atom is -0.490 e. The van der Waals surface area contributed by atoms with E-state index in [0.29, 0.717) is 0 Å². The van der Waals surface area contributed by atoms with E-state index in [4.69, 9.17) is 14.2 Å². The van der Waals surface area contributed by atoms with Crippen LogP contribution in [-0.2, 0) is 6.42 Å². The van der Waals surface area contributed by atoms with E-state index < -0.39 is 0 Å². The van der Waals surface area contributed by atoms with Crippen LogP contribution in [0.15, 0.2) is 12.1 Å². The van der Waals surface area contributed by atoms with Crippen molar-refractivity contribution in [2.75, 3.05) is 19.8 Å². The lowest BCUT2D eigenvalue weighted by atomic mass is 10.0. The molecule has 0 bridgehead atoms. The third-order valence-electron chi connectivity index (χ3n) is 13.8. The van der Waals surface area contributed by atoms with Crippen LogP contribution in [0.1, 0.15) is 328 Å². The number of unbranched alkanes of at least 4 members (excludes halogenated alkanes) is 43. The Morgan fingerprint density at radius 3 is 0.734 bits per heavy atom. The van der Waals surface area contributed by atoms with Crippen molar-refractivity contribution in [3.05, 3.63) is 24.6 Å². The predicted octanol–water partition coefficient (Wildman–Crippen LogP) is 21.6. The first-order valence-electron chi connectivity index (χ1n) is 29.6. The molecule has 0 unspecified atom stereocenters. The Bertz CT molecular complexity index is 979. The van der Waals surface area contributed by atoms with Crippen LogP contribution in [0.5, 0.6) is 17.2 Å². The van der Waals surface area contributed by atoms with Gasteiger partial charge in [-0.25, -0.2) is 0 Å². The molecule has 0 atom stereocenters. The van der Waals surface area contributed by atoms with E-state index in [9.17, 15) is 0 Å². The Morgan fingerprint density at radius 2 is 0.500 bits per heavy atom. The highest BCUT2D eigenvalue weighted by molar-refractivity contribution is 5.54. The van der Waals surface area contributed by atoms with E-state index >= 15 is 0 Å². The second kappa shape index (κ2) is 51.0. The molecule has 377 valence electrons. The lowest BCUT2D eigenvalue weighted by Gasteiger charge is -2.19. The van der Waals surface area contributed by atoms with Crippen molar-refractivity contribution < 1.29 is 14.2 Å². The number of hydrogen-bond donors (Lipinski definition) is 0. The monoisotopic (exact) mass is 896 g/mol. The smallest absolute Gasteiger partial charge is 0.203 e. The largest absolute Gasteiger partial charge is 0.490 e. The van der Waals surface area contributed by atoms with E-state index in [-0.39, 0.29) is 0 Å². The highest BCUT2D eigenvalue weighted by Crippen LogP contribution is 2.40. The van der Waals surface area contributed by atoms with Crippen LogP contribution in [0.25, 0.3) is 0 Å². The van der Waals surface area contributed by atoms with Gasteiger partial charge in [-0.05, 0) is 49.8 Å². The normalized spacial score (nSPS) is 11.5. The zero-order chi connectivity index (χ0) is 45.9. The first kappa shape index (κ1) is 60.6.